The van der Waals surface area contributed by atoms with Crippen LogP contribution in [0.2, 0.25) is 0 Å². The molecule has 0 fully saturated rings. The van der Waals surface area contributed by atoms with Gasteiger partial charge in [-0.3, -0.25) is 9.05 Å². The summed E-state index contributed by atoms with van der Waals surface area (Å²) in [7, 11) is -9.02. The van der Waals surface area contributed by atoms with Crippen LogP contribution in [-0.4, -0.2) is 69.9 Å². The summed E-state index contributed by atoms with van der Waals surface area (Å²) in [5.41, 5.74) is -1.11. The van der Waals surface area contributed by atoms with Crippen molar-refractivity contribution in [1.82, 2.24) is 0 Å². The van der Waals surface area contributed by atoms with Crippen molar-refractivity contribution in [2.24, 2.45) is 5.41 Å². The van der Waals surface area contributed by atoms with Crippen LogP contribution < -0.4 is 0 Å². The fourth-order valence-electron chi connectivity index (χ4n) is 0.921. The maximum absolute atomic E-state index is 11.6. The van der Waals surface area contributed by atoms with Crippen LogP contribution in [0.3, 0.4) is 0 Å². The molecule has 0 atom stereocenters. The molecule has 0 unspecified atom stereocenters. The van der Waals surface area contributed by atoms with Crippen molar-refractivity contribution in [3.05, 3.63) is 0 Å². The van der Waals surface area contributed by atoms with Crippen LogP contribution in [0, 0.1) is 5.41 Å². The molecule has 0 amide bonds. The maximum Gasteiger partial charge on any atom is 0.483 e. The van der Waals surface area contributed by atoms with Crippen LogP contribution in [0.1, 0.15) is 26.7 Å². The standard InChI is InChI=1S/C6H16O7P2.C5H12O4/c1-3-5-11-15(10,12-6-4-2)13-14(7,8)9;6-1-5(2-7,3-8)4-9/h3-6H2,1-2H3,(H2,7,8,9);6-9H,1-4H2. The van der Waals surface area contributed by atoms with Crippen molar-refractivity contribution in [1.29, 1.82) is 0 Å². The fraction of sp³-hybridized carbons (Fsp3) is 1.00. The number of rotatable bonds is 12. The normalized spacial score (nSPS) is 12.7. The van der Waals surface area contributed by atoms with Crippen LogP contribution in [0.25, 0.3) is 0 Å². The Hall–Kier alpha value is 0.100. The molecule has 0 saturated heterocycles. The van der Waals surface area contributed by atoms with Gasteiger partial charge in [-0.05, 0) is 12.8 Å². The Bertz CT molecular complexity index is 364. The smallest absolute Gasteiger partial charge is 0.396 e. The van der Waals surface area contributed by atoms with Gasteiger partial charge in [0.25, 0.3) is 0 Å². The van der Waals surface area contributed by atoms with Gasteiger partial charge in [0.1, 0.15) is 0 Å². The van der Waals surface area contributed by atoms with Crippen molar-refractivity contribution >= 4 is 15.6 Å². The molecule has 13 heteroatoms. The Labute approximate surface area is 141 Å². The predicted octanol–water partition coefficient (Wildman–Crippen LogP) is -0.00100. The second kappa shape index (κ2) is 13.3. The van der Waals surface area contributed by atoms with Gasteiger partial charge >= 0.3 is 15.6 Å². The number of aliphatic hydroxyl groups is 4. The van der Waals surface area contributed by atoms with Gasteiger partial charge in [0.05, 0.1) is 45.1 Å². The van der Waals surface area contributed by atoms with Gasteiger partial charge in [-0.15, -0.1) is 0 Å². The second-order valence-corrected chi connectivity index (χ2v) is 7.86. The molecule has 0 saturated carbocycles. The minimum atomic E-state index is -4.88. The number of hydrogen-bond acceptors (Lipinski definition) is 9. The van der Waals surface area contributed by atoms with E-state index < -0.39 is 47.5 Å². The molecule has 0 aliphatic heterocycles. The summed E-state index contributed by atoms with van der Waals surface area (Å²) in [6.07, 6.45) is 1.06. The van der Waals surface area contributed by atoms with Crippen LogP contribution >= 0.6 is 15.6 Å². The first-order valence-electron chi connectivity index (χ1n) is 7.17. The van der Waals surface area contributed by atoms with Gasteiger partial charge in [-0.25, -0.2) is 9.13 Å². The van der Waals surface area contributed by atoms with Crippen molar-refractivity contribution in [3.8, 4) is 0 Å². The average molecular weight is 398 g/mol. The minimum absolute atomic E-state index is 0.0427. The Kier molecular flexibility index (Phi) is 14.6. The molecular formula is C11H28O11P2. The highest BCUT2D eigenvalue weighted by Crippen LogP contribution is 2.61. The number of phosphoric acid groups is 2. The summed E-state index contributed by atoms with van der Waals surface area (Å²) in [5.74, 6) is 0. The summed E-state index contributed by atoms with van der Waals surface area (Å²) >= 11 is 0. The van der Waals surface area contributed by atoms with E-state index in [4.69, 9.17) is 30.2 Å². The lowest BCUT2D eigenvalue weighted by molar-refractivity contribution is -0.0328. The van der Waals surface area contributed by atoms with Crippen molar-refractivity contribution < 1.29 is 52.7 Å². The molecule has 0 aromatic rings. The van der Waals surface area contributed by atoms with Crippen LogP contribution in [-0.2, 0) is 22.5 Å². The third-order valence-corrected chi connectivity index (χ3v) is 5.10. The second-order valence-electron chi connectivity index (χ2n) is 4.82. The lowest BCUT2D eigenvalue weighted by Gasteiger charge is -2.23. The highest BCUT2D eigenvalue weighted by molar-refractivity contribution is 7.61. The van der Waals surface area contributed by atoms with Crippen molar-refractivity contribution in [2.45, 2.75) is 26.7 Å². The van der Waals surface area contributed by atoms with Gasteiger partial charge in [0, 0.05) is 0 Å². The van der Waals surface area contributed by atoms with Gasteiger partial charge in [-0.1, -0.05) is 13.8 Å². The fourth-order valence-corrected chi connectivity index (χ4v) is 3.23. The van der Waals surface area contributed by atoms with Crippen molar-refractivity contribution in [2.75, 3.05) is 39.6 Å². The summed E-state index contributed by atoms with van der Waals surface area (Å²) in [4.78, 5) is 17.0. The molecule has 0 heterocycles. The molecule has 0 rings (SSSR count). The third-order valence-electron chi connectivity index (χ3n) is 2.46. The predicted molar refractivity (Wildman–Crippen MR) is 84.0 cm³/mol. The highest BCUT2D eigenvalue weighted by Gasteiger charge is 2.35. The topological polar surface area (TPSA) is 183 Å². The van der Waals surface area contributed by atoms with Gasteiger partial charge < -0.3 is 30.2 Å². The van der Waals surface area contributed by atoms with E-state index in [1.165, 1.54) is 0 Å². The summed E-state index contributed by atoms with van der Waals surface area (Å²) in [6, 6.07) is 0. The molecule has 0 aliphatic rings. The quantitative estimate of drug-likeness (QED) is 0.243. The van der Waals surface area contributed by atoms with E-state index in [-0.39, 0.29) is 13.2 Å². The average Bonchev–Trinajstić information content (AvgIpc) is 2.53. The SMILES string of the molecule is CCCOP(=O)(OCCC)OP(=O)(O)O.OCC(CO)(CO)CO. The highest BCUT2D eigenvalue weighted by atomic mass is 31.3. The number of phosphoric ester groups is 1. The van der Waals surface area contributed by atoms with Gasteiger partial charge in [0.15, 0.2) is 0 Å². The largest absolute Gasteiger partial charge is 0.483 e. The molecule has 0 bridgehead atoms. The van der Waals surface area contributed by atoms with E-state index in [0.717, 1.165) is 0 Å². The molecule has 0 aromatic heterocycles. The first-order chi connectivity index (χ1) is 11.1. The molecule has 0 spiro atoms. The molecule has 6 N–H and O–H groups in total. The Balaban J connectivity index is 0. The van der Waals surface area contributed by atoms with E-state index in [0.29, 0.717) is 12.8 Å². The Morgan fingerprint density at radius 1 is 0.792 bits per heavy atom. The molecule has 24 heavy (non-hydrogen) atoms. The zero-order valence-electron chi connectivity index (χ0n) is 13.8. The molecule has 0 aromatic carbocycles. The minimum Gasteiger partial charge on any atom is -0.396 e. The monoisotopic (exact) mass is 398 g/mol. The van der Waals surface area contributed by atoms with Crippen LogP contribution in [0.4, 0.5) is 0 Å². The lowest BCUT2D eigenvalue weighted by atomic mass is 9.93. The maximum atomic E-state index is 11.6. The first kappa shape index (κ1) is 26.3. The third kappa shape index (κ3) is 12.5. The molecule has 0 aliphatic carbocycles. The number of hydrogen-bond donors (Lipinski definition) is 6. The summed E-state index contributed by atoms with van der Waals surface area (Å²) < 4.78 is 35.5. The van der Waals surface area contributed by atoms with Crippen molar-refractivity contribution in [3.63, 3.8) is 0 Å². The van der Waals surface area contributed by atoms with Gasteiger partial charge in [0.2, 0.25) is 0 Å². The van der Waals surface area contributed by atoms with E-state index in [9.17, 15) is 9.13 Å². The Morgan fingerprint density at radius 2 is 1.12 bits per heavy atom. The first-order valence-corrected chi connectivity index (χ1v) is 10.2. The molecule has 11 nitrogen and oxygen atoms in total. The van der Waals surface area contributed by atoms with E-state index in [1.807, 2.05) is 0 Å². The zero-order valence-corrected chi connectivity index (χ0v) is 15.6. The molecule has 148 valence electrons. The van der Waals surface area contributed by atoms with E-state index >= 15 is 0 Å². The van der Waals surface area contributed by atoms with E-state index in [2.05, 4.69) is 13.4 Å². The summed E-state index contributed by atoms with van der Waals surface area (Å²) in [6.45, 7) is 1.96. The van der Waals surface area contributed by atoms with Gasteiger partial charge in [-0.2, -0.15) is 4.31 Å². The lowest BCUT2D eigenvalue weighted by Crippen LogP contribution is -2.37. The summed E-state index contributed by atoms with van der Waals surface area (Å²) in [5, 5.41) is 34.0. The van der Waals surface area contributed by atoms with E-state index in [1.54, 1.807) is 13.8 Å². The zero-order chi connectivity index (χ0) is 19.3. The van der Waals surface area contributed by atoms with Crippen LogP contribution in [0.5, 0.6) is 0 Å². The van der Waals surface area contributed by atoms with Crippen LogP contribution in [0.15, 0.2) is 0 Å². The Morgan fingerprint density at radius 3 is 1.29 bits per heavy atom. The molecule has 0 radical (unpaired) electrons. The number of aliphatic hydroxyl groups excluding tert-OH is 4. The molecular weight excluding hydrogens is 370 g/mol.